The number of fused-ring (bicyclic) bond motifs is 1. The van der Waals surface area contributed by atoms with E-state index in [9.17, 15) is 13.2 Å². The topological polar surface area (TPSA) is 77.2 Å². The highest BCUT2D eigenvalue weighted by Crippen LogP contribution is 2.28. The summed E-state index contributed by atoms with van der Waals surface area (Å²) in [6.07, 6.45) is 2.46. The molecule has 1 saturated heterocycles. The van der Waals surface area contributed by atoms with E-state index in [0.29, 0.717) is 18.5 Å². The second-order valence-corrected chi connectivity index (χ2v) is 10.2. The van der Waals surface area contributed by atoms with Crippen LogP contribution in [0.4, 0.5) is 0 Å². The predicted octanol–water partition coefficient (Wildman–Crippen LogP) is 2.62. The van der Waals surface area contributed by atoms with Gasteiger partial charge in [-0.3, -0.25) is 9.48 Å². The summed E-state index contributed by atoms with van der Waals surface area (Å²) in [4.78, 5) is 14.9. The number of hydrogen-bond donors (Lipinski definition) is 0. The van der Waals surface area contributed by atoms with Crippen molar-refractivity contribution in [1.29, 1.82) is 0 Å². The normalized spacial score (nSPS) is 18.4. The van der Waals surface area contributed by atoms with Gasteiger partial charge in [-0.15, -0.1) is 0 Å². The van der Waals surface area contributed by atoms with E-state index in [2.05, 4.69) is 5.10 Å². The average molecular weight is 415 g/mol. The third kappa shape index (κ3) is 3.46. The number of carbonyl (C=O) groups excluding carboxylic acids is 1. The molecule has 29 heavy (non-hydrogen) atoms. The van der Waals surface area contributed by atoms with Crippen molar-refractivity contribution in [2.45, 2.75) is 32.9 Å². The Bertz CT molecular complexity index is 1210. The van der Waals surface area contributed by atoms with Crippen LogP contribution in [0.5, 0.6) is 0 Å². The van der Waals surface area contributed by atoms with Crippen molar-refractivity contribution in [2.75, 3.05) is 18.6 Å². The summed E-state index contributed by atoms with van der Waals surface area (Å²) in [6, 6.07) is 7.75. The lowest BCUT2D eigenvalue weighted by Crippen LogP contribution is -2.26. The van der Waals surface area contributed by atoms with Crippen LogP contribution in [0.25, 0.3) is 10.9 Å². The minimum Gasteiger partial charge on any atom is -0.350 e. The summed E-state index contributed by atoms with van der Waals surface area (Å²) in [6.45, 7) is 4.30. The summed E-state index contributed by atoms with van der Waals surface area (Å²) in [5.74, 6) is 0.307. The highest BCUT2D eigenvalue weighted by molar-refractivity contribution is 7.91. The van der Waals surface area contributed by atoms with Gasteiger partial charge in [0, 0.05) is 49.0 Å². The maximum atomic E-state index is 13.2. The molecule has 0 saturated carbocycles. The lowest BCUT2D eigenvalue weighted by Gasteiger charge is -2.18. The summed E-state index contributed by atoms with van der Waals surface area (Å²) >= 11 is 0. The van der Waals surface area contributed by atoms with E-state index in [1.165, 1.54) is 0 Å². The van der Waals surface area contributed by atoms with E-state index in [1.807, 2.05) is 60.6 Å². The number of hydrogen-bond acceptors (Lipinski definition) is 4. The fourth-order valence-electron chi connectivity index (χ4n) is 4.28. The molecule has 0 unspecified atom stereocenters. The number of benzene rings is 1. The number of para-hydroxylation sites is 1. The van der Waals surface area contributed by atoms with Gasteiger partial charge >= 0.3 is 0 Å². The largest absolute Gasteiger partial charge is 0.350 e. The zero-order chi connectivity index (χ0) is 20.9. The van der Waals surface area contributed by atoms with Crippen LogP contribution in [0.15, 0.2) is 30.5 Å². The fraction of sp³-hybridized carbons (Fsp3) is 0.429. The molecule has 0 N–H and O–H groups in total. The maximum Gasteiger partial charge on any atom is 0.256 e. The van der Waals surface area contributed by atoms with Crippen molar-refractivity contribution in [3.8, 4) is 0 Å². The van der Waals surface area contributed by atoms with Gasteiger partial charge in [-0.05, 0) is 26.3 Å². The second kappa shape index (κ2) is 7.02. The molecule has 0 radical (unpaired) electrons. The number of amides is 1. The highest BCUT2D eigenvalue weighted by atomic mass is 32.2. The molecule has 3 aromatic rings. The number of carbonyl (C=O) groups is 1. The molecular weight excluding hydrogens is 388 g/mol. The van der Waals surface area contributed by atoms with Crippen LogP contribution in [0.2, 0.25) is 0 Å². The van der Waals surface area contributed by atoms with Gasteiger partial charge in [0.15, 0.2) is 9.84 Å². The molecule has 1 aromatic carbocycles. The second-order valence-electron chi connectivity index (χ2n) is 7.98. The molecule has 1 fully saturated rings. The molecule has 1 amide bonds. The Morgan fingerprint density at radius 1 is 1.28 bits per heavy atom. The summed E-state index contributed by atoms with van der Waals surface area (Å²) < 4.78 is 27.5. The van der Waals surface area contributed by atoms with Crippen LogP contribution in [0.3, 0.4) is 0 Å². The van der Waals surface area contributed by atoms with Crippen LogP contribution >= 0.6 is 0 Å². The molecule has 4 rings (SSSR count). The van der Waals surface area contributed by atoms with Crippen LogP contribution < -0.4 is 0 Å². The van der Waals surface area contributed by atoms with E-state index in [4.69, 9.17) is 0 Å². The van der Waals surface area contributed by atoms with Gasteiger partial charge in [0.2, 0.25) is 0 Å². The minimum absolute atomic E-state index is 0.0446. The number of aryl methyl sites for hydroxylation is 2. The first-order chi connectivity index (χ1) is 13.7. The molecule has 0 bridgehead atoms. The Morgan fingerprint density at radius 3 is 2.69 bits per heavy atom. The lowest BCUT2D eigenvalue weighted by atomic mass is 10.1. The minimum atomic E-state index is -2.98. The van der Waals surface area contributed by atoms with E-state index in [0.717, 1.165) is 27.9 Å². The zero-order valence-corrected chi connectivity index (χ0v) is 18.0. The van der Waals surface area contributed by atoms with Gasteiger partial charge in [-0.2, -0.15) is 5.10 Å². The molecule has 0 spiro atoms. The van der Waals surface area contributed by atoms with Gasteiger partial charge in [0.1, 0.15) is 0 Å². The van der Waals surface area contributed by atoms with Crippen LogP contribution in [-0.2, 0) is 23.4 Å². The van der Waals surface area contributed by atoms with Gasteiger partial charge in [0.25, 0.3) is 5.91 Å². The molecule has 1 aliphatic heterocycles. The Hall–Kier alpha value is -2.61. The monoisotopic (exact) mass is 414 g/mol. The molecule has 3 heterocycles. The Kier molecular flexibility index (Phi) is 4.77. The molecule has 1 aliphatic rings. The number of nitrogens with zero attached hydrogens (tertiary/aromatic N) is 4. The summed E-state index contributed by atoms with van der Waals surface area (Å²) in [5, 5.41) is 5.54. The number of aromatic nitrogens is 3. The first-order valence-electron chi connectivity index (χ1n) is 9.72. The Balaban J connectivity index is 1.60. The summed E-state index contributed by atoms with van der Waals surface area (Å²) in [7, 11) is 0.747. The van der Waals surface area contributed by atoms with Gasteiger partial charge in [-0.1, -0.05) is 18.2 Å². The Labute approximate surface area is 170 Å². The smallest absolute Gasteiger partial charge is 0.256 e. The average Bonchev–Trinajstić information content (AvgIpc) is 3.30. The summed E-state index contributed by atoms with van der Waals surface area (Å²) in [5.41, 5.74) is 4.44. The number of sulfone groups is 1. The van der Waals surface area contributed by atoms with Crippen molar-refractivity contribution in [3.63, 3.8) is 0 Å². The first-order valence-corrected chi connectivity index (χ1v) is 11.5. The van der Waals surface area contributed by atoms with Gasteiger partial charge in [-0.25, -0.2) is 8.42 Å². The standard InChI is InChI=1S/C21H26N4O3S/c1-14-18(15(2)25(22-14)16-9-10-29(27,28)13-16)11-24(4)21(26)19-12-23(3)20-8-6-5-7-17(19)20/h5-8,12,16H,9-11,13H2,1-4H3/t16-/m0/s1. The van der Waals surface area contributed by atoms with Crippen LogP contribution in [-0.4, -0.2) is 52.1 Å². The predicted molar refractivity (Wildman–Crippen MR) is 113 cm³/mol. The van der Waals surface area contributed by atoms with Gasteiger partial charge in [0.05, 0.1) is 28.8 Å². The van der Waals surface area contributed by atoms with E-state index in [1.54, 1.807) is 11.9 Å². The van der Waals surface area contributed by atoms with E-state index >= 15 is 0 Å². The van der Waals surface area contributed by atoms with Crippen molar-refractivity contribution in [1.82, 2.24) is 19.2 Å². The SMILES string of the molecule is Cc1nn([C@H]2CCS(=O)(=O)C2)c(C)c1CN(C)C(=O)c1cn(C)c2ccccc12. The molecule has 7 nitrogen and oxygen atoms in total. The molecule has 1 atom stereocenters. The lowest BCUT2D eigenvalue weighted by molar-refractivity contribution is 0.0786. The molecule has 154 valence electrons. The van der Waals surface area contributed by atoms with Crippen LogP contribution in [0.1, 0.15) is 39.8 Å². The number of rotatable bonds is 4. The first kappa shape index (κ1) is 19.7. The maximum absolute atomic E-state index is 13.2. The molecule has 2 aromatic heterocycles. The quantitative estimate of drug-likeness (QED) is 0.658. The van der Waals surface area contributed by atoms with Gasteiger partial charge < -0.3 is 9.47 Å². The molecule has 0 aliphatic carbocycles. The highest BCUT2D eigenvalue weighted by Gasteiger charge is 2.31. The van der Waals surface area contributed by atoms with E-state index in [-0.39, 0.29) is 23.5 Å². The van der Waals surface area contributed by atoms with Crippen LogP contribution in [0, 0.1) is 13.8 Å². The fourth-order valence-corrected chi connectivity index (χ4v) is 5.97. The van der Waals surface area contributed by atoms with Crippen molar-refractivity contribution >= 4 is 26.6 Å². The molecular formula is C21H26N4O3S. The zero-order valence-electron chi connectivity index (χ0n) is 17.2. The Morgan fingerprint density at radius 2 is 2.00 bits per heavy atom. The third-order valence-electron chi connectivity index (χ3n) is 5.90. The van der Waals surface area contributed by atoms with Crippen molar-refractivity contribution in [2.24, 2.45) is 7.05 Å². The van der Waals surface area contributed by atoms with E-state index < -0.39 is 9.84 Å². The molecule has 8 heteroatoms. The van der Waals surface area contributed by atoms with Crippen molar-refractivity contribution < 1.29 is 13.2 Å². The third-order valence-corrected chi connectivity index (χ3v) is 7.65. The van der Waals surface area contributed by atoms with Crippen molar-refractivity contribution in [3.05, 3.63) is 53.0 Å².